The maximum atomic E-state index is 14.5. The summed E-state index contributed by atoms with van der Waals surface area (Å²) >= 11 is 1.24. The van der Waals surface area contributed by atoms with Crippen molar-refractivity contribution in [1.82, 2.24) is 19.7 Å². The molecule has 1 aromatic heterocycles. The third-order valence-electron chi connectivity index (χ3n) is 5.07. The van der Waals surface area contributed by atoms with Crippen molar-refractivity contribution in [2.75, 3.05) is 12.8 Å². The Morgan fingerprint density at radius 2 is 1.67 bits per heavy atom. The standard InChI is InChI=1S/C25H22F2N4OS/c1-30(15-19-10-7-11-20(26)14-19)23(32)17-33-25-29-28-24(21-12-5-6-13-22(21)27)31(25)16-18-8-3-2-4-9-18/h2-14H,15-17H2,1H3. The molecule has 0 aliphatic heterocycles. The zero-order valence-corrected chi connectivity index (χ0v) is 18.8. The SMILES string of the molecule is CN(Cc1cccc(F)c1)C(=O)CSc1nnc(-c2ccccc2F)n1Cc1ccccc1. The zero-order valence-electron chi connectivity index (χ0n) is 18.0. The highest BCUT2D eigenvalue weighted by Crippen LogP contribution is 2.27. The van der Waals surface area contributed by atoms with E-state index in [-0.39, 0.29) is 23.3 Å². The fourth-order valence-corrected chi connectivity index (χ4v) is 4.26. The minimum atomic E-state index is -0.387. The van der Waals surface area contributed by atoms with Gasteiger partial charge in [-0.05, 0) is 35.4 Å². The molecule has 4 rings (SSSR count). The molecule has 0 saturated carbocycles. The van der Waals surface area contributed by atoms with E-state index in [0.29, 0.717) is 35.2 Å². The molecule has 33 heavy (non-hydrogen) atoms. The van der Waals surface area contributed by atoms with Crippen molar-refractivity contribution < 1.29 is 13.6 Å². The maximum absolute atomic E-state index is 14.5. The molecular weight excluding hydrogens is 442 g/mol. The lowest BCUT2D eigenvalue weighted by Gasteiger charge is -2.17. The van der Waals surface area contributed by atoms with Crippen LogP contribution in [0.3, 0.4) is 0 Å². The van der Waals surface area contributed by atoms with E-state index in [1.54, 1.807) is 37.4 Å². The predicted octanol–water partition coefficient (Wildman–Crippen LogP) is 5.02. The van der Waals surface area contributed by atoms with Crippen molar-refractivity contribution in [2.45, 2.75) is 18.2 Å². The minimum Gasteiger partial charge on any atom is -0.341 e. The molecule has 0 aliphatic rings. The van der Waals surface area contributed by atoms with Crippen LogP contribution in [0.2, 0.25) is 0 Å². The van der Waals surface area contributed by atoms with Gasteiger partial charge in [0.25, 0.3) is 0 Å². The second kappa shape index (κ2) is 10.4. The van der Waals surface area contributed by atoms with Gasteiger partial charge in [-0.1, -0.05) is 66.4 Å². The monoisotopic (exact) mass is 464 g/mol. The van der Waals surface area contributed by atoms with Gasteiger partial charge in [-0.15, -0.1) is 10.2 Å². The molecule has 0 spiro atoms. The van der Waals surface area contributed by atoms with Gasteiger partial charge in [-0.3, -0.25) is 9.36 Å². The molecule has 0 fully saturated rings. The van der Waals surface area contributed by atoms with E-state index in [1.807, 2.05) is 34.9 Å². The number of amides is 1. The number of benzene rings is 3. The Morgan fingerprint density at radius 3 is 2.42 bits per heavy atom. The van der Waals surface area contributed by atoms with E-state index in [4.69, 9.17) is 0 Å². The number of nitrogens with zero attached hydrogens (tertiary/aromatic N) is 4. The van der Waals surface area contributed by atoms with Gasteiger partial charge >= 0.3 is 0 Å². The summed E-state index contributed by atoms with van der Waals surface area (Å²) in [4.78, 5) is 14.2. The van der Waals surface area contributed by atoms with Crippen LogP contribution in [0.4, 0.5) is 8.78 Å². The van der Waals surface area contributed by atoms with Crippen LogP contribution in [0.1, 0.15) is 11.1 Å². The molecule has 168 valence electrons. The first kappa shape index (κ1) is 22.7. The van der Waals surface area contributed by atoms with Gasteiger partial charge in [-0.2, -0.15) is 0 Å². The molecule has 0 N–H and O–H groups in total. The van der Waals surface area contributed by atoms with Crippen molar-refractivity contribution in [2.24, 2.45) is 0 Å². The van der Waals surface area contributed by atoms with E-state index >= 15 is 0 Å². The summed E-state index contributed by atoms with van der Waals surface area (Å²) in [6.07, 6.45) is 0. The maximum Gasteiger partial charge on any atom is 0.233 e. The Labute approximate surface area is 195 Å². The molecule has 3 aromatic carbocycles. The van der Waals surface area contributed by atoms with Gasteiger partial charge < -0.3 is 4.90 Å². The summed E-state index contributed by atoms with van der Waals surface area (Å²) in [6.45, 7) is 0.738. The average molecular weight is 465 g/mol. The van der Waals surface area contributed by atoms with Gasteiger partial charge in [0.15, 0.2) is 11.0 Å². The number of hydrogen-bond donors (Lipinski definition) is 0. The number of carbonyl (C=O) groups is 1. The third-order valence-corrected chi connectivity index (χ3v) is 6.03. The molecule has 0 atom stereocenters. The number of rotatable bonds is 8. The van der Waals surface area contributed by atoms with Crippen molar-refractivity contribution >= 4 is 17.7 Å². The molecule has 1 heterocycles. The van der Waals surface area contributed by atoms with Crippen LogP contribution in [-0.4, -0.2) is 38.4 Å². The number of carbonyl (C=O) groups excluding carboxylic acids is 1. The Morgan fingerprint density at radius 1 is 0.939 bits per heavy atom. The van der Waals surface area contributed by atoms with Crippen molar-refractivity contribution in [3.8, 4) is 11.4 Å². The highest BCUT2D eigenvalue weighted by atomic mass is 32.2. The van der Waals surface area contributed by atoms with Crippen LogP contribution in [-0.2, 0) is 17.9 Å². The van der Waals surface area contributed by atoms with Crippen LogP contribution in [0, 0.1) is 11.6 Å². The topological polar surface area (TPSA) is 51.0 Å². The Balaban J connectivity index is 1.53. The minimum absolute atomic E-state index is 0.121. The first-order chi connectivity index (χ1) is 16.0. The van der Waals surface area contributed by atoms with Crippen LogP contribution >= 0.6 is 11.8 Å². The largest absolute Gasteiger partial charge is 0.341 e. The second-order valence-corrected chi connectivity index (χ2v) is 8.47. The number of thioether (sulfide) groups is 1. The molecule has 8 heteroatoms. The van der Waals surface area contributed by atoms with Crippen molar-refractivity contribution in [1.29, 1.82) is 0 Å². The van der Waals surface area contributed by atoms with E-state index in [0.717, 1.165) is 5.56 Å². The predicted molar refractivity (Wildman–Crippen MR) is 125 cm³/mol. The van der Waals surface area contributed by atoms with Crippen LogP contribution in [0.15, 0.2) is 84.0 Å². The van der Waals surface area contributed by atoms with Gasteiger partial charge in [0.1, 0.15) is 11.6 Å². The van der Waals surface area contributed by atoms with Gasteiger partial charge in [0.05, 0.1) is 17.9 Å². The first-order valence-electron chi connectivity index (χ1n) is 10.3. The van der Waals surface area contributed by atoms with Crippen LogP contribution in [0.25, 0.3) is 11.4 Å². The summed E-state index contributed by atoms with van der Waals surface area (Å²) in [6, 6.07) is 22.3. The quantitative estimate of drug-likeness (QED) is 0.344. The Bertz CT molecular complexity index is 1250. The smallest absolute Gasteiger partial charge is 0.233 e. The van der Waals surface area contributed by atoms with E-state index in [9.17, 15) is 13.6 Å². The molecule has 4 aromatic rings. The summed E-state index contributed by atoms with van der Waals surface area (Å²) in [7, 11) is 1.67. The molecule has 0 bridgehead atoms. The fraction of sp³-hybridized carbons (Fsp3) is 0.160. The first-order valence-corrected chi connectivity index (χ1v) is 11.3. The zero-order chi connectivity index (χ0) is 23.2. The molecule has 0 radical (unpaired) electrons. The molecule has 0 saturated heterocycles. The van der Waals surface area contributed by atoms with Gasteiger partial charge in [-0.25, -0.2) is 8.78 Å². The summed E-state index contributed by atoms with van der Waals surface area (Å²) in [5.74, 6) is -0.333. The third kappa shape index (κ3) is 5.64. The molecule has 1 amide bonds. The van der Waals surface area contributed by atoms with Gasteiger partial charge in [0.2, 0.25) is 5.91 Å². The molecule has 0 aliphatic carbocycles. The lowest BCUT2D eigenvalue weighted by atomic mass is 10.2. The lowest BCUT2D eigenvalue weighted by molar-refractivity contribution is -0.127. The Hall–Kier alpha value is -3.52. The number of halogens is 2. The summed E-state index contributed by atoms with van der Waals surface area (Å²) in [5, 5.41) is 8.99. The fourth-order valence-electron chi connectivity index (χ4n) is 3.38. The van der Waals surface area contributed by atoms with Crippen molar-refractivity contribution in [3.05, 3.63) is 102 Å². The molecular formula is C25H22F2N4OS. The van der Waals surface area contributed by atoms with Crippen LogP contribution < -0.4 is 0 Å². The highest BCUT2D eigenvalue weighted by molar-refractivity contribution is 7.99. The van der Waals surface area contributed by atoms with Crippen LogP contribution in [0.5, 0.6) is 0 Å². The second-order valence-electron chi connectivity index (χ2n) is 7.53. The lowest BCUT2D eigenvalue weighted by Crippen LogP contribution is -2.28. The highest BCUT2D eigenvalue weighted by Gasteiger charge is 2.19. The normalized spacial score (nSPS) is 10.9. The summed E-state index contributed by atoms with van der Waals surface area (Å²) in [5.41, 5.74) is 2.07. The number of hydrogen-bond acceptors (Lipinski definition) is 4. The van der Waals surface area contributed by atoms with E-state index < -0.39 is 0 Å². The summed E-state index contributed by atoms with van der Waals surface area (Å²) < 4.78 is 29.7. The molecule has 5 nitrogen and oxygen atoms in total. The van der Waals surface area contributed by atoms with E-state index in [1.165, 1.54) is 34.9 Å². The van der Waals surface area contributed by atoms with Gasteiger partial charge in [0, 0.05) is 13.6 Å². The van der Waals surface area contributed by atoms with E-state index in [2.05, 4.69) is 10.2 Å². The van der Waals surface area contributed by atoms with Crippen molar-refractivity contribution in [3.63, 3.8) is 0 Å². The average Bonchev–Trinajstić information content (AvgIpc) is 3.20. The molecule has 0 unspecified atom stereocenters. The number of aromatic nitrogens is 3. The Kier molecular flexibility index (Phi) is 7.14.